The van der Waals surface area contributed by atoms with E-state index in [1.54, 1.807) is 53.7 Å². The zero-order chi connectivity index (χ0) is 17.8. The summed E-state index contributed by atoms with van der Waals surface area (Å²) >= 11 is 6.04. The van der Waals surface area contributed by atoms with Gasteiger partial charge in [0.25, 0.3) is 0 Å². The Labute approximate surface area is 141 Å². The van der Waals surface area contributed by atoms with Crippen molar-refractivity contribution in [3.8, 4) is 0 Å². The largest absolute Gasteiger partial charge is 0.444 e. The molecule has 0 heterocycles. The molecule has 0 radical (unpaired) electrons. The summed E-state index contributed by atoms with van der Waals surface area (Å²) in [6.07, 6.45) is -1.23. The third kappa shape index (κ3) is 7.74. The quantitative estimate of drug-likeness (QED) is 0.789. The summed E-state index contributed by atoms with van der Waals surface area (Å²) in [6, 6.07) is 4.68. The Kier molecular flexibility index (Phi) is 5.88. The lowest BCUT2D eigenvalue weighted by molar-refractivity contribution is 0.0625. The number of carbonyl (C=O) groups excluding carboxylic acids is 2. The van der Waals surface area contributed by atoms with E-state index in [-0.39, 0.29) is 0 Å². The molecule has 1 aromatic rings. The van der Waals surface area contributed by atoms with E-state index < -0.39 is 23.4 Å². The van der Waals surface area contributed by atoms with Crippen LogP contribution in [0.2, 0.25) is 5.02 Å². The van der Waals surface area contributed by atoms with Gasteiger partial charge in [0, 0.05) is 5.69 Å². The van der Waals surface area contributed by atoms with Gasteiger partial charge in [-0.2, -0.15) is 0 Å². The van der Waals surface area contributed by atoms with Crippen LogP contribution in [0, 0.1) is 0 Å². The van der Waals surface area contributed by atoms with Gasteiger partial charge in [0.2, 0.25) is 0 Å². The molecule has 0 fully saturated rings. The van der Waals surface area contributed by atoms with E-state index in [2.05, 4.69) is 10.6 Å². The third-order valence-electron chi connectivity index (χ3n) is 2.25. The van der Waals surface area contributed by atoms with Crippen molar-refractivity contribution in [2.24, 2.45) is 0 Å². The molecule has 1 aromatic carbocycles. The van der Waals surface area contributed by atoms with Gasteiger partial charge >= 0.3 is 12.2 Å². The first-order chi connectivity index (χ1) is 10.4. The van der Waals surface area contributed by atoms with Crippen LogP contribution in [0.5, 0.6) is 0 Å². The Balaban J connectivity index is 2.79. The fraction of sp³-hybridized carbons (Fsp3) is 0.500. The van der Waals surface area contributed by atoms with Crippen LogP contribution >= 0.6 is 11.6 Å². The van der Waals surface area contributed by atoms with Crippen molar-refractivity contribution in [3.05, 3.63) is 23.2 Å². The maximum atomic E-state index is 11.8. The van der Waals surface area contributed by atoms with Crippen LogP contribution in [-0.4, -0.2) is 23.4 Å². The molecule has 0 aromatic heterocycles. The van der Waals surface area contributed by atoms with Gasteiger partial charge < -0.3 is 9.47 Å². The molecule has 0 saturated heterocycles. The SMILES string of the molecule is CC(C)(C)OC(=O)Nc1ccc(Cl)c(NC(=O)OC(C)(C)C)c1. The van der Waals surface area contributed by atoms with Gasteiger partial charge in [-0.05, 0) is 59.7 Å². The van der Waals surface area contributed by atoms with Crippen molar-refractivity contribution in [1.29, 1.82) is 0 Å². The van der Waals surface area contributed by atoms with Crippen molar-refractivity contribution in [2.75, 3.05) is 10.6 Å². The Morgan fingerprint density at radius 2 is 1.39 bits per heavy atom. The standard InChI is InChI=1S/C16H23ClN2O4/c1-15(2,3)22-13(20)18-10-7-8-11(17)12(9-10)19-14(21)23-16(4,5)6/h7-9H,1-6H3,(H,18,20)(H,19,21). The molecule has 0 aliphatic carbocycles. The van der Waals surface area contributed by atoms with Crippen LogP contribution in [-0.2, 0) is 9.47 Å². The van der Waals surface area contributed by atoms with Crippen molar-refractivity contribution in [2.45, 2.75) is 52.7 Å². The highest BCUT2D eigenvalue weighted by atomic mass is 35.5. The summed E-state index contributed by atoms with van der Waals surface area (Å²) in [5, 5.41) is 5.44. The van der Waals surface area contributed by atoms with E-state index >= 15 is 0 Å². The average molecular weight is 343 g/mol. The van der Waals surface area contributed by atoms with Crippen molar-refractivity contribution >= 4 is 35.2 Å². The fourth-order valence-corrected chi connectivity index (χ4v) is 1.70. The van der Waals surface area contributed by atoms with E-state index in [0.29, 0.717) is 16.4 Å². The highest BCUT2D eigenvalue weighted by molar-refractivity contribution is 6.33. The van der Waals surface area contributed by atoms with Crippen molar-refractivity contribution in [3.63, 3.8) is 0 Å². The molecule has 0 spiro atoms. The molecule has 0 saturated carbocycles. The summed E-state index contributed by atoms with van der Waals surface area (Å²) in [7, 11) is 0. The number of hydrogen-bond acceptors (Lipinski definition) is 4. The molecular formula is C16H23ClN2O4. The van der Waals surface area contributed by atoms with Gasteiger partial charge in [-0.1, -0.05) is 11.6 Å². The van der Waals surface area contributed by atoms with Crippen LogP contribution in [0.1, 0.15) is 41.5 Å². The first-order valence-electron chi connectivity index (χ1n) is 7.15. The first-order valence-corrected chi connectivity index (χ1v) is 7.53. The van der Waals surface area contributed by atoms with Crippen molar-refractivity contribution in [1.82, 2.24) is 0 Å². The second kappa shape index (κ2) is 7.08. The van der Waals surface area contributed by atoms with Gasteiger partial charge in [-0.15, -0.1) is 0 Å². The number of anilines is 2. The van der Waals surface area contributed by atoms with Gasteiger partial charge in [0.1, 0.15) is 11.2 Å². The van der Waals surface area contributed by atoms with Crippen LogP contribution in [0.15, 0.2) is 18.2 Å². The minimum absolute atomic E-state index is 0.325. The van der Waals surface area contributed by atoms with E-state index in [0.717, 1.165) is 0 Å². The fourth-order valence-electron chi connectivity index (χ4n) is 1.53. The third-order valence-corrected chi connectivity index (χ3v) is 2.58. The molecule has 1 rings (SSSR count). The monoisotopic (exact) mass is 342 g/mol. The number of hydrogen-bond donors (Lipinski definition) is 2. The zero-order valence-corrected chi connectivity index (χ0v) is 15.0. The molecule has 2 amide bonds. The maximum absolute atomic E-state index is 11.8. The molecule has 2 N–H and O–H groups in total. The molecule has 0 bridgehead atoms. The lowest BCUT2D eigenvalue weighted by Crippen LogP contribution is -2.28. The van der Waals surface area contributed by atoms with Crippen LogP contribution < -0.4 is 10.6 Å². The predicted molar refractivity (Wildman–Crippen MR) is 91.2 cm³/mol. The number of amides is 2. The van der Waals surface area contributed by atoms with Gasteiger partial charge in [-0.25, -0.2) is 9.59 Å². The Bertz CT molecular complexity index is 589. The molecule has 0 atom stereocenters. The second-order valence-corrected chi connectivity index (χ2v) is 7.36. The van der Waals surface area contributed by atoms with Crippen LogP contribution in [0.3, 0.4) is 0 Å². The maximum Gasteiger partial charge on any atom is 0.412 e. The summed E-state index contributed by atoms with van der Waals surface area (Å²) < 4.78 is 10.3. The van der Waals surface area contributed by atoms with Gasteiger partial charge in [-0.3, -0.25) is 10.6 Å². The highest BCUT2D eigenvalue weighted by Crippen LogP contribution is 2.26. The second-order valence-electron chi connectivity index (χ2n) is 6.95. The molecular weight excluding hydrogens is 320 g/mol. The molecule has 23 heavy (non-hydrogen) atoms. The van der Waals surface area contributed by atoms with Crippen molar-refractivity contribution < 1.29 is 19.1 Å². The molecule has 0 aliphatic rings. The molecule has 0 unspecified atom stereocenters. The van der Waals surface area contributed by atoms with Crippen LogP contribution in [0.25, 0.3) is 0 Å². The summed E-state index contributed by atoms with van der Waals surface area (Å²) in [5.41, 5.74) is -0.457. The first kappa shape index (κ1) is 19.1. The minimum atomic E-state index is -0.631. The topological polar surface area (TPSA) is 76.7 Å². The van der Waals surface area contributed by atoms with Gasteiger partial charge in [0.15, 0.2) is 0 Å². The lowest BCUT2D eigenvalue weighted by atomic mass is 10.2. The number of carbonyl (C=O) groups is 2. The summed E-state index contributed by atoms with van der Waals surface area (Å²) in [4.78, 5) is 23.6. The van der Waals surface area contributed by atoms with E-state index in [1.165, 1.54) is 6.07 Å². The average Bonchev–Trinajstić information content (AvgIpc) is 2.28. The Morgan fingerprint density at radius 3 is 1.87 bits per heavy atom. The Morgan fingerprint density at radius 1 is 0.913 bits per heavy atom. The summed E-state index contributed by atoms with van der Waals surface area (Å²) in [6.45, 7) is 10.6. The molecule has 7 heteroatoms. The summed E-state index contributed by atoms with van der Waals surface area (Å²) in [5.74, 6) is 0. The van der Waals surface area contributed by atoms with E-state index in [1.807, 2.05) is 0 Å². The number of halogens is 1. The van der Waals surface area contributed by atoms with Gasteiger partial charge in [0.05, 0.1) is 10.7 Å². The van der Waals surface area contributed by atoms with E-state index in [9.17, 15) is 9.59 Å². The predicted octanol–water partition coefficient (Wildman–Crippen LogP) is 5.03. The normalized spacial score (nSPS) is 11.6. The Hall–Kier alpha value is -1.95. The number of ether oxygens (including phenoxy) is 2. The number of benzene rings is 1. The smallest absolute Gasteiger partial charge is 0.412 e. The number of rotatable bonds is 2. The zero-order valence-electron chi connectivity index (χ0n) is 14.2. The highest BCUT2D eigenvalue weighted by Gasteiger charge is 2.19. The molecule has 0 aliphatic heterocycles. The lowest BCUT2D eigenvalue weighted by Gasteiger charge is -2.21. The molecule has 128 valence electrons. The van der Waals surface area contributed by atoms with Crippen LogP contribution in [0.4, 0.5) is 21.0 Å². The molecule has 6 nitrogen and oxygen atoms in total. The number of nitrogens with one attached hydrogen (secondary N) is 2. The minimum Gasteiger partial charge on any atom is -0.444 e. The van der Waals surface area contributed by atoms with E-state index in [4.69, 9.17) is 21.1 Å².